The molecule has 5 rings (SSSR count). The summed E-state index contributed by atoms with van der Waals surface area (Å²) < 4.78 is 7.12. The van der Waals surface area contributed by atoms with Crippen LogP contribution in [-0.4, -0.2) is 22.8 Å². The molecule has 0 spiro atoms. The maximum Gasteiger partial charge on any atom is 0.226 e. The number of nitrogens with zero attached hydrogens (tertiary/aromatic N) is 2. The Hall–Kier alpha value is -3.57. The van der Waals surface area contributed by atoms with Crippen LogP contribution in [0.1, 0.15) is 23.5 Å². The molecule has 0 saturated carbocycles. The van der Waals surface area contributed by atoms with E-state index in [2.05, 4.69) is 5.32 Å². The summed E-state index contributed by atoms with van der Waals surface area (Å²) in [7, 11) is 1.64. The van der Waals surface area contributed by atoms with Gasteiger partial charge in [0.1, 0.15) is 11.6 Å². The third-order valence-electron chi connectivity index (χ3n) is 5.55. The van der Waals surface area contributed by atoms with Crippen molar-refractivity contribution in [2.75, 3.05) is 12.4 Å². The minimum Gasteiger partial charge on any atom is -0.497 e. The van der Waals surface area contributed by atoms with Gasteiger partial charge < -0.3 is 10.1 Å². The number of aromatic nitrogens is 2. The average Bonchev–Trinajstić information content (AvgIpc) is 3.19. The molecule has 0 radical (unpaired) electrons. The summed E-state index contributed by atoms with van der Waals surface area (Å²) in [6.45, 7) is 0. The quantitative estimate of drug-likeness (QED) is 0.454. The van der Waals surface area contributed by atoms with Crippen molar-refractivity contribution >= 4 is 23.3 Å². The number of anilines is 1. The Labute approximate surface area is 185 Å². The van der Waals surface area contributed by atoms with E-state index in [1.807, 2.05) is 83.5 Å². The summed E-state index contributed by atoms with van der Waals surface area (Å²) >= 11 is 6.12. The summed E-state index contributed by atoms with van der Waals surface area (Å²) in [6.07, 6.45) is 0.348. The second kappa shape index (κ2) is 7.93. The number of carbonyl (C=O) groups is 1. The van der Waals surface area contributed by atoms with Crippen LogP contribution in [-0.2, 0) is 4.79 Å². The Morgan fingerprint density at radius 2 is 1.71 bits per heavy atom. The van der Waals surface area contributed by atoms with Crippen LogP contribution < -0.4 is 10.1 Å². The van der Waals surface area contributed by atoms with E-state index in [0.717, 1.165) is 33.8 Å². The normalized spacial score (nSPS) is 15.3. The first-order valence-electron chi connectivity index (χ1n) is 10.0. The molecule has 1 N–H and O–H groups in total. The molecule has 1 unspecified atom stereocenters. The third-order valence-corrected chi connectivity index (χ3v) is 5.81. The van der Waals surface area contributed by atoms with E-state index < -0.39 is 0 Å². The monoisotopic (exact) mass is 429 g/mol. The lowest BCUT2D eigenvalue weighted by Gasteiger charge is -2.25. The van der Waals surface area contributed by atoms with E-state index in [1.165, 1.54) is 0 Å². The number of ether oxygens (including phenoxy) is 1. The number of nitrogens with one attached hydrogen (secondary N) is 1. The van der Waals surface area contributed by atoms with E-state index in [-0.39, 0.29) is 11.8 Å². The van der Waals surface area contributed by atoms with E-state index in [1.54, 1.807) is 7.11 Å². The first-order valence-corrected chi connectivity index (χ1v) is 10.4. The van der Waals surface area contributed by atoms with Crippen LogP contribution in [0.15, 0.2) is 78.9 Å². The van der Waals surface area contributed by atoms with Gasteiger partial charge in [0.15, 0.2) is 0 Å². The topological polar surface area (TPSA) is 56.1 Å². The molecule has 3 aromatic carbocycles. The predicted octanol–water partition coefficient (Wildman–Crippen LogP) is 5.68. The van der Waals surface area contributed by atoms with Crippen LogP contribution in [0.3, 0.4) is 0 Å². The van der Waals surface area contributed by atoms with Crippen molar-refractivity contribution in [2.45, 2.75) is 12.3 Å². The van der Waals surface area contributed by atoms with Gasteiger partial charge in [0.05, 0.1) is 18.5 Å². The zero-order valence-corrected chi connectivity index (χ0v) is 17.6. The first-order chi connectivity index (χ1) is 15.1. The lowest BCUT2D eigenvalue weighted by atomic mass is 9.84. The van der Waals surface area contributed by atoms with Crippen LogP contribution in [0.25, 0.3) is 16.9 Å². The van der Waals surface area contributed by atoms with Gasteiger partial charge in [-0.15, -0.1) is 0 Å². The summed E-state index contributed by atoms with van der Waals surface area (Å²) in [4.78, 5) is 12.7. The number of methoxy groups -OCH3 is 1. The fourth-order valence-corrected chi connectivity index (χ4v) is 4.17. The lowest BCUT2D eigenvalue weighted by Crippen LogP contribution is -2.24. The molecule has 1 aromatic heterocycles. The Bertz CT molecular complexity index is 1230. The number of benzene rings is 3. The molecule has 5 nitrogen and oxygen atoms in total. The molecule has 4 aromatic rings. The van der Waals surface area contributed by atoms with Gasteiger partial charge in [0.25, 0.3) is 0 Å². The van der Waals surface area contributed by atoms with Gasteiger partial charge in [-0.1, -0.05) is 54.1 Å². The van der Waals surface area contributed by atoms with Gasteiger partial charge in [-0.05, 0) is 42.0 Å². The summed E-state index contributed by atoms with van der Waals surface area (Å²) in [5.74, 6) is 1.32. The minimum absolute atomic E-state index is 0.0342. The number of rotatable bonds is 4. The molecule has 1 atom stereocenters. The molecule has 0 fully saturated rings. The molecule has 0 bridgehead atoms. The molecular formula is C25H20ClN3O2. The fraction of sp³-hybridized carbons (Fsp3) is 0.120. The highest BCUT2D eigenvalue weighted by Gasteiger charge is 2.34. The lowest BCUT2D eigenvalue weighted by molar-refractivity contribution is -0.116. The molecule has 2 heterocycles. The highest BCUT2D eigenvalue weighted by atomic mass is 35.5. The Morgan fingerprint density at radius 3 is 2.39 bits per heavy atom. The maximum atomic E-state index is 12.7. The minimum atomic E-state index is -0.127. The largest absolute Gasteiger partial charge is 0.497 e. The smallest absolute Gasteiger partial charge is 0.226 e. The zero-order chi connectivity index (χ0) is 21.4. The van der Waals surface area contributed by atoms with Gasteiger partial charge in [-0.2, -0.15) is 5.10 Å². The maximum absolute atomic E-state index is 12.7. The number of hydrogen-bond donors (Lipinski definition) is 1. The number of carbonyl (C=O) groups excluding carboxylic acids is 1. The second-order valence-electron chi connectivity index (χ2n) is 7.44. The molecule has 0 aliphatic carbocycles. The van der Waals surface area contributed by atoms with Gasteiger partial charge in [-0.3, -0.25) is 4.79 Å². The highest BCUT2D eigenvalue weighted by molar-refractivity contribution is 6.30. The third kappa shape index (κ3) is 3.57. The van der Waals surface area contributed by atoms with Crippen LogP contribution in [0.4, 0.5) is 5.82 Å². The molecule has 0 saturated heterocycles. The summed E-state index contributed by atoms with van der Waals surface area (Å²) in [5, 5.41) is 8.67. The number of hydrogen-bond acceptors (Lipinski definition) is 3. The van der Waals surface area contributed by atoms with Crippen molar-refractivity contribution in [3.05, 3.63) is 95.0 Å². The Kier molecular flexibility index (Phi) is 4.96. The molecular weight excluding hydrogens is 410 g/mol. The van der Waals surface area contributed by atoms with Crippen molar-refractivity contribution in [2.24, 2.45) is 0 Å². The molecule has 31 heavy (non-hydrogen) atoms. The molecule has 1 aliphatic rings. The molecule has 154 valence electrons. The fourth-order valence-electron chi connectivity index (χ4n) is 4.05. The zero-order valence-electron chi connectivity index (χ0n) is 16.9. The average molecular weight is 430 g/mol. The van der Waals surface area contributed by atoms with Crippen molar-refractivity contribution in [1.29, 1.82) is 0 Å². The second-order valence-corrected chi connectivity index (χ2v) is 7.88. The summed E-state index contributed by atoms with van der Waals surface area (Å²) in [6, 6.07) is 25.3. The number of amides is 1. The number of halogens is 1. The van der Waals surface area contributed by atoms with Crippen molar-refractivity contribution < 1.29 is 9.53 Å². The van der Waals surface area contributed by atoms with Crippen molar-refractivity contribution in [1.82, 2.24) is 9.78 Å². The van der Waals surface area contributed by atoms with Crippen molar-refractivity contribution in [3.63, 3.8) is 0 Å². The van der Waals surface area contributed by atoms with Crippen LogP contribution in [0, 0.1) is 0 Å². The van der Waals surface area contributed by atoms with Crippen LogP contribution >= 0.6 is 11.6 Å². The van der Waals surface area contributed by atoms with Crippen LogP contribution in [0.5, 0.6) is 5.75 Å². The standard InChI is InChI=1S/C25H20ClN3O2/c1-31-20-13-9-16(10-14-20)21-15-22(30)27-25-23(21)24(17-7-11-18(26)12-8-17)28-29(25)19-5-3-2-4-6-19/h2-14,21H,15H2,1H3,(H,27,30). The molecule has 1 amide bonds. The van der Waals surface area contributed by atoms with E-state index in [4.69, 9.17) is 21.4 Å². The number of para-hydroxylation sites is 1. The Morgan fingerprint density at radius 1 is 1.00 bits per heavy atom. The van der Waals surface area contributed by atoms with E-state index in [0.29, 0.717) is 17.3 Å². The predicted molar refractivity (Wildman–Crippen MR) is 122 cm³/mol. The first kappa shape index (κ1) is 19.4. The van der Waals surface area contributed by atoms with E-state index in [9.17, 15) is 4.79 Å². The number of fused-ring (bicyclic) bond motifs is 1. The van der Waals surface area contributed by atoms with Gasteiger partial charge in [-0.25, -0.2) is 4.68 Å². The van der Waals surface area contributed by atoms with Gasteiger partial charge in [0, 0.05) is 28.5 Å². The van der Waals surface area contributed by atoms with Crippen molar-refractivity contribution in [3.8, 4) is 22.7 Å². The van der Waals surface area contributed by atoms with E-state index >= 15 is 0 Å². The van der Waals surface area contributed by atoms with Gasteiger partial charge >= 0.3 is 0 Å². The molecule has 6 heteroatoms. The summed E-state index contributed by atoms with van der Waals surface area (Å²) in [5.41, 5.74) is 4.70. The Balaban J connectivity index is 1.74. The van der Waals surface area contributed by atoms with Gasteiger partial charge in [0.2, 0.25) is 5.91 Å². The van der Waals surface area contributed by atoms with Crippen LogP contribution in [0.2, 0.25) is 5.02 Å². The highest BCUT2D eigenvalue weighted by Crippen LogP contribution is 2.44. The molecule has 1 aliphatic heterocycles. The SMILES string of the molecule is COc1ccc(C2CC(=O)Nc3c2c(-c2ccc(Cl)cc2)nn3-c2ccccc2)cc1.